The van der Waals surface area contributed by atoms with Crippen molar-refractivity contribution < 1.29 is 21.7 Å². The second-order valence-electron chi connectivity index (χ2n) is 7.82. The maximum absolute atomic E-state index is 11.1. The molecule has 0 aliphatic rings. The van der Waals surface area contributed by atoms with Gasteiger partial charge < -0.3 is 22.2 Å². The Morgan fingerprint density at radius 3 is 2.04 bits per heavy atom. The van der Waals surface area contributed by atoms with Gasteiger partial charge in [0.05, 0.1) is 26.7 Å². The van der Waals surface area contributed by atoms with Crippen LogP contribution in [0, 0.1) is 0 Å². The lowest BCUT2D eigenvalue weighted by molar-refractivity contribution is -0.913. The summed E-state index contributed by atoms with van der Waals surface area (Å²) in [6.07, 6.45) is 16.2. The Hall–Kier alpha value is -0.540. The first kappa shape index (κ1) is 26.7. The molecule has 0 saturated heterocycles. The molecule has 0 aromatic heterocycles. The summed E-state index contributed by atoms with van der Waals surface area (Å²) in [5.41, 5.74) is 0. The molecule has 0 aromatic carbocycles. The maximum atomic E-state index is 11.1. The second kappa shape index (κ2) is 16.9. The smallest absolute Gasteiger partial charge is 0.243 e. The van der Waals surface area contributed by atoms with Gasteiger partial charge in [-0.15, -0.1) is 0 Å². The Bertz CT molecular complexity index is 332. The highest BCUT2D eigenvalue weighted by Crippen LogP contribution is 2.16. The lowest BCUT2D eigenvalue weighted by atomic mass is 10.0. The number of nitrogens with one attached hydrogen (secondary N) is 1. The average molecular weight is 375 g/mol. The summed E-state index contributed by atoms with van der Waals surface area (Å²) in [4.78, 5) is 11.1. The molecule has 0 rings (SSSR count). The van der Waals surface area contributed by atoms with Crippen molar-refractivity contribution in [1.29, 1.82) is 0 Å². The third-order valence-corrected chi connectivity index (χ3v) is 5.31. The largest absolute Gasteiger partial charge is 1.00 e. The van der Waals surface area contributed by atoms with E-state index in [1.54, 1.807) is 0 Å². The zero-order valence-corrected chi connectivity index (χ0v) is 18.0. The molecule has 25 heavy (non-hydrogen) atoms. The molecule has 0 saturated carbocycles. The Morgan fingerprint density at radius 1 is 1.00 bits per heavy atom. The van der Waals surface area contributed by atoms with E-state index in [1.165, 1.54) is 70.3 Å². The molecular weight excluding hydrogens is 332 g/mol. The minimum absolute atomic E-state index is 0. The van der Waals surface area contributed by atoms with Crippen LogP contribution < -0.4 is 17.7 Å². The van der Waals surface area contributed by atoms with E-state index < -0.39 is 0 Å². The lowest BCUT2D eigenvalue weighted by Gasteiger charge is -2.36. The van der Waals surface area contributed by atoms with Crippen LogP contribution in [0.2, 0.25) is 0 Å². The van der Waals surface area contributed by atoms with Crippen molar-refractivity contribution in [3.05, 3.63) is 12.7 Å². The summed E-state index contributed by atoms with van der Waals surface area (Å²) >= 11 is 0. The molecule has 0 bridgehead atoms. The van der Waals surface area contributed by atoms with Crippen molar-refractivity contribution >= 4 is 5.91 Å². The van der Waals surface area contributed by atoms with Crippen LogP contribution in [0.4, 0.5) is 0 Å². The summed E-state index contributed by atoms with van der Waals surface area (Å²) in [6, 6.07) is 0.685. The van der Waals surface area contributed by atoms with Crippen LogP contribution in [0.15, 0.2) is 12.7 Å². The molecule has 0 radical (unpaired) electrons. The van der Waals surface area contributed by atoms with Gasteiger partial charge in [-0.2, -0.15) is 0 Å². The first-order valence-corrected chi connectivity index (χ1v) is 10.2. The number of hydrogen-bond acceptors (Lipinski definition) is 1. The second-order valence-corrected chi connectivity index (χ2v) is 7.82. The normalized spacial score (nSPS) is 12.3. The van der Waals surface area contributed by atoms with Gasteiger partial charge in [-0.25, -0.2) is 0 Å². The molecular formula is C21H43ClN2O. The van der Waals surface area contributed by atoms with Gasteiger partial charge in [-0.05, 0) is 25.8 Å². The Labute approximate surface area is 163 Å². The van der Waals surface area contributed by atoms with Crippen LogP contribution in [0.1, 0.15) is 84.5 Å². The standard InChI is InChI=1S/C21H42N2O.ClH/c1-6-8-9-10-11-12-13-14-15-17-20(3)23(4,5)19-16-18-22-21(24)7-2;/h7,20H,2,6,8-19H2,1,3-5H3;1H. The third-order valence-electron chi connectivity index (χ3n) is 5.31. The number of carbonyl (C=O) groups is 1. The van der Waals surface area contributed by atoms with Crippen molar-refractivity contribution in [2.45, 2.75) is 90.5 Å². The molecule has 0 heterocycles. The molecule has 1 unspecified atom stereocenters. The van der Waals surface area contributed by atoms with E-state index in [0.29, 0.717) is 6.04 Å². The van der Waals surface area contributed by atoms with E-state index >= 15 is 0 Å². The van der Waals surface area contributed by atoms with Crippen molar-refractivity contribution in [1.82, 2.24) is 5.32 Å². The van der Waals surface area contributed by atoms with Gasteiger partial charge in [0.15, 0.2) is 0 Å². The van der Waals surface area contributed by atoms with E-state index in [-0.39, 0.29) is 18.3 Å². The SMILES string of the molecule is C=CC(=O)NCCC[N+](C)(C)C(C)CCCCCCCCCCC.[Cl-]. The Morgan fingerprint density at radius 2 is 1.52 bits per heavy atom. The van der Waals surface area contributed by atoms with Gasteiger partial charge in [-0.1, -0.05) is 64.9 Å². The number of quaternary nitrogens is 1. The van der Waals surface area contributed by atoms with Crippen LogP contribution in [0.25, 0.3) is 0 Å². The fraction of sp³-hybridized carbons (Fsp3) is 0.857. The quantitative estimate of drug-likeness (QED) is 0.250. The van der Waals surface area contributed by atoms with Crippen LogP contribution in [-0.2, 0) is 4.79 Å². The molecule has 0 aliphatic carbocycles. The molecule has 4 heteroatoms. The average Bonchev–Trinajstić information content (AvgIpc) is 2.56. The van der Waals surface area contributed by atoms with Crippen LogP contribution in [0.5, 0.6) is 0 Å². The van der Waals surface area contributed by atoms with Gasteiger partial charge in [0, 0.05) is 13.0 Å². The van der Waals surface area contributed by atoms with E-state index in [0.717, 1.165) is 24.0 Å². The third kappa shape index (κ3) is 15.4. The minimum atomic E-state index is -0.0666. The zero-order valence-electron chi connectivity index (χ0n) is 17.3. The van der Waals surface area contributed by atoms with Crippen LogP contribution >= 0.6 is 0 Å². The monoisotopic (exact) mass is 374 g/mol. The maximum Gasteiger partial charge on any atom is 0.243 e. The topological polar surface area (TPSA) is 29.1 Å². The highest BCUT2D eigenvalue weighted by Gasteiger charge is 2.22. The predicted molar refractivity (Wildman–Crippen MR) is 106 cm³/mol. The Balaban J connectivity index is 0. The fourth-order valence-electron chi connectivity index (χ4n) is 3.09. The highest BCUT2D eigenvalue weighted by molar-refractivity contribution is 5.86. The van der Waals surface area contributed by atoms with E-state index in [4.69, 9.17) is 0 Å². The van der Waals surface area contributed by atoms with E-state index in [1.807, 2.05) is 0 Å². The predicted octanol–water partition coefficient (Wildman–Crippen LogP) is 2.07. The van der Waals surface area contributed by atoms with Gasteiger partial charge in [0.1, 0.15) is 0 Å². The summed E-state index contributed by atoms with van der Waals surface area (Å²) in [6.45, 7) is 9.97. The van der Waals surface area contributed by atoms with Crippen molar-refractivity contribution in [3.63, 3.8) is 0 Å². The van der Waals surface area contributed by atoms with Crippen molar-refractivity contribution in [3.8, 4) is 0 Å². The highest BCUT2D eigenvalue weighted by atomic mass is 35.5. The number of hydrogen-bond donors (Lipinski definition) is 1. The summed E-state index contributed by atoms with van der Waals surface area (Å²) in [7, 11) is 4.63. The summed E-state index contributed by atoms with van der Waals surface area (Å²) < 4.78 is 1.04. The van der Waals surface area contributed by atoms with Crippen LogP contribution in [-0.4, -0.2) is 43.6 Å². The number of halogens is 1. The van der Waals surface area contributed by atoms with Crippen molar-refractivity contribution in [2.75, 3.05) is 27.2 Å². The molecule has 0 spiro atoms. The van der Waals surface area contributed by atoms with Gasteiger partial charge in [-0.3, -0.25) is 4.79 Å². The number of nitrogens with zero attached hydrogens (tertiary/aromatic N) is 1. The number of rotatable bonds is 16. The summed E-state index contributed by atoms with van der Waals surface area (Å²) in [5, 5.41) is 2.86. The molecule has 0 aliphatic heterocycles. The lowest BCUT2D eigenvalue weighted by Crippen LogP contribution is -3.00. The molecule has 150 valence electrons. The molecule has 0 aromatic rings. The number of unbranched alkanes of at least 4 members (excludes halogenated alkanes) is 8. The van der Waals surface area contributed by atoms with E-state index in [2.05, 4.69) is 39.8 Å². The van der Waals surface area contributed by atoms with Crippen molar-refractivity contribution in [2.24, 2.45) is 0 Å². The fourth-order valence-corrected chi connectivity index (χ4v) is 3.09. The molecule has 3 nitrogen and oxygen atoms in total. The molecule has 0 fully saturated rings. The number of carbonyl (C=O) groups excluding carboxylic acids is 1. The summed E-state index contributed by atoms with van der Waals surface area (Å²) in [5.74, 6) is -0.0666. The zero-order chi connectivity index (χ0) is 18.3. The van der Waals surface area contributed by atoms with E-state index in [9.17, 15) is 4.79 Å². The molecule has 1 amide bonds. The Kier molecular flexibility index (Phi) is 18.0. The minimum Gasteiger partial charge on any atom is -1.00 e. The van der Waals surface area contributed by atoms with Gasteiger partial charge >= 0.3 is 0 Å². The van der Waals surface area contributed by atoms with Crippen LogP contribution in [0.3, 0.4) is 0 Å². The number of amides is 1. The van der Waals surface area contributed by atoms with Gasteiger partial charge in [0.25, 0.3) is 0 Å². The molecule has 1 atom stereocenters. The first-order valence-electron chi connectivity index (χ1n) is 10.2. The van der Waals surface area contributed by atoms with Gasteiger partial charge in [0.2, 0.25) is 5.91 Å². The molecule has 1 N–H and O–H groups in total. The first-order chi connectivity index (χ1) is 11.4.